The van der Waals surface area contributed by atoms with Gasteiger partial charge in [-0.1, -0.05) is 37.3 Å². The van der Waals surface area contributed by atoms with Crippen LogP contribution in [0, 0.1) is 17.8 Å². The molecule has 168 valence electrons. The molecule has 5 aliphatic carbocycles. The summed E-state index contributed by atoms with van der Waals surface area (Å²) in [5, 5.41) is 13.2. The highest BCUT2D eigenvalue weighted by Crippen LogP contribution is 2.57. The molecule has 1 amide bonds. The number of hydrogen-bond donors (Lipinski definition) is 2. The van der Waals surface area contributed by atoms with E-state index in [4.69, 9.17) is 4.74 Å². The Balaban J connectivity index is 1.18. The van der Waals surface area contributed by atoms with Crippen LogP contribution in [-0.4, -0.2) is 32.6 Å². The van der Waals surface area contributed by atoms with Crippen LogP contribution in [0.2, 0.25) is 0 Å². The predicted molar refractivity (Wildman–Crippen MR) is 119 cm³/mol. The first-order chi connectivity index (χ1) is 15.4. The van der Waals surface area contributed by atoms with Crippen LogP contribution >= 0.6 is 0 Å². The molecule has 1 heterocycles. The van der Waals surface area contributed by atoms with Gasteiger partial charge in [-0.25, -0.2) is 4.98 Å². The molecular weight excluding hydrogens is 402 g/mol. The van der Waals surface area contributed by atoms with Crippen LogP contribution in [0.1, 0.15) is 73.5 Å². The Bertz CT molecular complexity index is 1020. The minimum absolute atomic E-state index is 0.0398. The van der Waals surface area contributed by atoms with Crippen LogP contribution in [0.15, 0.2) is 36.5 Å². The lowest BCUT2D eigenvalue weighted by molar-refractivity contribution is -0.177. The summed E-state index contributed by atoms with van der Waals surface area (Å²) in [5.74, 6) is 1.53. The number of hydrogen-bond acceptors (Lipinski definition) is 5. The Kier molecular flexibility index (Phi) is 4.58. The summed E-state index contributed by atoms with van der Waals surface area (Å²) in [7, 11) is 0. The number of carbonyl (C=O) groups excluding carboxylic acids is 1. The third-order valence-corrected chi connectivity index (χ3v) is 8.49. The van der Waals surface area contributed by atoms with Crippen molar-refractivity contribution < 1.29 is 14.6 Å². The molecular formula is C26H31N3O3. The van der Waals surface area contributed by atoms with Gasteiger partial charge in [0.25, 0.3) is 5.91 Å². The molecule has 0 spiro atoms. The smallest absolute Gasteiger partial charge is 0.314 e. The van der Waals surface area contributed by atoms with Crippen LogP contribution in [0.4, 0.5) is 0 Å². The lowest BCUT2D eigenvalue weighted by Gasteiger charge is -2.59. The van der Waals surface area contributed by atoms with Crippen LogP contribution in [-0.2, 0) is 16.8 Å². The fourth-order valence-corrected chi connectivity index (χ4v) is 6.83. The van der Waals surface area contributed by atoms with Gasteiger partial charge >= 0.3 is 6.01 Å². The van der Waals surface area contributed by atoms with Crippen molar-refractivity contribution in [3.05, 3.63) is 53.3 Å². The van der Waals surface area contributed by atoms with E-state index in [1.54, 1.807) is 0 Å². The number of aromatic nitrogens is 2. The topological polar surface area (TPSA) is 84.3 Å². The molecule has 4 bridgehead atoms. The van der Waals surface area contributed by atoms with E-state index < -0.39 is 0 Å². The highest BCUT2D eigenvalue weighted by Gasteiger charge is 2.56. The summed E-state index contributed by atoms with van der Waals surface area (Å²) in [6.45, 7) is 2.76. The van der Waals surface area contributed by atoms with Gasteiger partial charge in [0.15, 0.2) is 0 Å². The summed E-state index contributed by atoms with van der Waals surface area (Å²) in [6, 6.07) is 10.3. The predicted octanol–water partition coefficient (Wildman–Crippen LogP) is 4.13. The second-order valence-electron chi connectivity index (χ2n) is 10.9. The fraction of sp³-hybridized carbons (Fsp3) is 0.577. The van der Waals surface area contributed by atoms with E-state index in [2.05, 4.69) is 46.5 Å². The van der Waals surface area contributed by atoms with Gasteiger partial charge in [0.1, 0.15) is 0 Å². The Morgan fingerprint density at radius 1 is 1.16 bits per heavy atom. The second kappa shape index (κ2) is 7.27. The third kappa shape index (κ3) is 3.49. The van der Waals surface area contributed by atoms with Gasteiger partial charge in [-0.3, -0.25) is 4.79 Å². The van der Waals surface area contributed by atoms with E-state index in [1.807, 2.05) is 6.07 Å². The SMILES string of the molecule is CC1(c2nc(O)ncc2C(=O)NC2C3CC4CC2CC(OCc2ccccc2)(C4)C3)CC1. The number of amides is 1. The number of benzene rings is 1. The first-order valence-electron chi connectivity index (χ1n) is 12.0. The van der Waals surface area contributed by atoms with Crippen LogP contribution in [0.3, 0.4) is 0 Å². The number of ether oxygens (including phenoxy) is 1. The quantitative estimate of drug-likeness (QED) is 0.716. The molecule has 6 heteroatoms. The average molecular weight is 434 g/mol. The van der Waals surface area contributed by atoms with Crippen molar-refractivity contribution in [1.29, 1.82) is 0 Å². The van der Waals surface area contributed by atoms with Crippen molar-refractivity contribution in [3.63, 3.8) is 0 Å². The zero-order valence-electron chi connectivity index (χ0n) is 18.6. The maximum atomic E-state index is 13.3. The van der Waals surface area contributed by atoms with Crippen LogP contribution in [0.25, 0.3) is 0 Å². The van der Waals surface area contributed by atoms with Gasteiger partial charge in [-0.2, -0.15) is 4.98 Å². The first kappa shape index (κ1) is 20.2. The number of carbonyl (C=O) groups is 1. The zero-order valence-corrected chi connectivity index (χ0v) is 18.6. The monoisotopic (exact) mass is 433 g/mol. The van der Waals surface area contributed by atoms with Crippen molar-refractivity contribution >= 4 is 5.91 Å². The van der Waals surface area contributed by atoms with Crippen LogP contribution in [0.5, 0.6) is 6.01 Å². The van der Waals surface area contributed by atoms with E-state index >= 15 is 0 Å². The van der Waals surface area contributed by atoms with E-state index in [0.717, 1.165) is 32.1 Å². The van der Waals surface area contributed by atoms with Gasteiger partial charge in [-0.05, 0) is 68.3 Å². The summed E-state index contributed by atoms with van der Waals surface area (Å²) < 4.78 is 6.59. The number of nitrogens with zero attached hydrogens (tertiary/aromatic N) is 2. The molecule has 2 unspecified atom stereocenters. The third-order valence-electron chi connectivity index (χ3n) is 8.49. The molecule has 0 aliphatic heterocycles. The molecule has 5 aliphatic rings. The standard InChI is InChI=1S/C26H31N3O3/c1-25(7-8-25)22-20(14-27-24(31)29-22)23(30)28-21-18-9-17-10-19(21)13-26(11-17,12-18)32-15-16-5-3-2-4-6-16/h2-6,14,17-19,21H,7-13,15H2,1H3,(H,28,30)(H,27,29,31). The summed E-state index contributed by atoms with van der Waals surface area (Å²) in [5.41, 5.74) is 2.27. The minimum Gasteiger partial charge on any atom is -0.479 e. The van der Waals surface area contributed by atoms with Gasteiger partial charge < -0.3 is 15.2 Å². The normalized spacial score (nSPS) is 33.8. The summed E-state index contributed by atoms with van der Waals surface area (Å²) in [6.07, 6.45) is 9.02. The number of nitrogens with one attached hydrogen (secondary N) is 1. The molecule has 32 heavy (non-hydrogen) atoms. The molecule has 0 radical (unpaired) electrons. The Hall–Kier alpha value is -2.47. The lowest BCUT2D eigenvalue weighted by Crippen LogP contribution is -2.62. The largest absolute Gasteiger partial charge is 0.479 e. The molecule has 2 N–H and O–H groups in total. The molecule has 2 aromatic rings. The molecule has 0 saturated heterocycles. The van der Waals surface area contributed by atoms with E-state index in [9.17, 15) is 9.90 Å². The van der Waals surface area contributed by atoms with Gasteiger partial charge in [-0.15, -0.1) is 0 Å². The first-order valence-corrected chi connectivity index (χ1v) is 12.0. The van der Waals surface area contributed by atoms with E-state index in [-0.39, 0.29) is 29.0 Å². The van der Waals surface area contributed by atoms with Crippen molar-refractivity contribution in [1.82, 2.24) is 15.3 Å². The van der Waals surface area contributed by atoms with Crippen molar-refractivity contribution in [2.24, 2.45) is 17.8 Å². The number of rotatable bonds is 6. The highest BCUT2D eigenvalue weighted by molar-refractivity contribution is 5.95. The molecule has 2 atom stereocenters. The van der Waals surface area contributed by atoms with E-state index in [1.165, 1.54) is 24.6 Å². The van der Waals surface area contributed by atoms with Gasteiger partial charge in [0, 0.05) is 17.7 Å². The van der Waals surface area contributed by atoms with E-state index in [0.29, 0.717) is 35.6 Å². The van der Waals surface area contributed by atoms with Gasteiger partial charge in [0.2, 0.25) is 0 Å². The van der Waals surface area contributed by atoms with Crippen LogP contribution < -0.4 is 5.32 Å². The number of aromatic hydroxyl groups is 1. The average Bonchev–Trinajstić information content (AvgIpc) is 3.53. The molecule has 1 aromatic heterocycles. The highest BCUT2D eigenvalue weighted by atomic mass is 16.5. The summed E-state index contributed by atoms with van der Waals surface area (Å²) >= 11 is 0. The maximum Gasteiger partial charge on any atom is 0.314 e. The Labute approximate surface area is 188 Å². The van der Waals surface area contributed by atoms with Crippen molar-refractivity contribution in [2.45, 2.75) is 75.5 Å². The molecule has 5 saturated carbocycles. The maximum absolute atomic E-state index is 13.3. The van der Waals surface area contributed by atoms with Crippen molar-refractivity contribution in [2.75, 3.05) is 0 Å². The fourth-order valence-electron chi connectivity index (χ4n) is 6.83. The molecule has 5 fully saturated rings. The lowest BCUT2D eigenvalue weighted by atomic mass is 9.52. The Morgan fingerprint density at radius 2 is 1.88 bits per heavy atom. The van der Waals surface area contributed by atoms with Crippen molar-refractivity contribution in [3.8, 4) is 6.01 Å². The molecule has 1 aromatic carbocycles. The second-order valence-corrected chi connectivity index (χ2v) is 10.9. The minimum atomic E-state index is -0.253. The summed E-state index contributed by atoms with van der Waals surface area (Å²) in [4.78, 5) is 21.5. The molecule has 7 rings (SSSR count). The zero-order chi connectivity index (χ0) is 21.9. The Morgan fingerprint density at radius 3 is 2.56 bits per heavy atom. The molecule has 6 nitrogen and oxygen atoms in total. The van der Waals surface area contributed by atoms with Gasteiger partial charge in [0.05, 0.1) is 23.5 Å².